The van der Waals surface area contributed by atoms with Gasteiger partial charge in [-0.1, -0.05) is 73.8 Å². The molecule has 2 rings (SSSR count). The van der Waals surface area contributed by atoms with Crippen LogP contribution in [0.3, 0.4) is 0 Å². The fourth-order valence-electron chi connectivity index (χ4n) is 2.82. The first-order valence-corrected chi connectivity index (χ1v) is 9.07. The Kier molecular flexibility index (Phi) is 7.75. The molecule has 0 aliphatic rings. The average molecular weight is 346 g/mol. The van der Waals surface area contributed by atoms with Crippen LogP contribution >= 0.6 is 0 Å². The van der Waals surface area contributed by atoms with E-state index in [2.05, 4.69) is 13.2 Å². The van der Waals surface area contributed by atoms with Crippen molar-refractivity contribution < 1.29 is 9.59 Å². The van der Waals surface area contributed by atoms with E-state index in [1.807, 2.05) is 48.5 Å². The standard InChI is InChI=1S/C24H26O2/c1-3-19-9-13-21(14-10-19)17-23(25)7-5-6-8-24(26)18-22-15-11-20(4-2)12-16-22/h3-4,9-16H,1-2,5-8,17-18H2. The smallest absolute Gasteiger partial charge is 0.137 e. The zero-order valence-corrected chi connectivity index (χ0v) is 15.2. The van der Waals surface area contributed by atoms with Gasteiger partial charge in [0.25, 0.3) is 0 Å². The first-order chi connectivity index (χ1) is 12.6. The van der Waals surface area contributed by atoms with Gasteiger partial charge in [0.05, 0.1) is 0 Å². The van der Waals surface area contributed by atoms with Gasteiger partial charge in [-0.3, -0.25) is 9.59 Å². The summed E-state index contributed by atoms with van der Waals surface area (Å²) in [4.78, 5) is 24.1. The molecule has 2 aromatic carbocycles. The number of Topliss-reactive ketones (excluding diaryl/α,β-unsaturated/α-hetero) is 2. The van der Waals surface area contributed by atoms with Crippen LogP contribution in [0.5, 0.6) is 0 Å². The molecule has 26 heavy (non-hydrogen) atoms. The molecule has 0 radical (unpaired) electrons. The quantitative estimate of drug-likeness (QED) is 0.507. The molecule has 2 heteroatoms. The third-order valence-corrected chi connectivity index (χ3v) is 4.39. The largest absolute Gasteiger partial charge is 0.299 e. The summed E-state index contributed by atoms with van der Waals surface area (Å²) in [5, 5.41) is 0. The van der Waals surface area contributed by atoms with E-state index in [9.17, 15) is 9.59 Å². The van der Waals surface area contributed by atoms with E-state index in [0.717, 1.165) is 35.1 Å². The van der Waals surface area contributed by atoms with Crippen molar-refractivity contribution in [1.29, 1.82) is 0 Å². The van der Waals surface area contributed by atoms with Crippen molar-refractivity contribution in [3.05, 3.63) is 83.9 Å². The lowest BCUT2D eigenvalue weighted by atomic mass is 10.0. The SMILES string of the molecule is C=Cc1ccc(CC(=O)CCCCC(=O)Cc2ccc(C=C)cc2)cc1. The molecule has 0 aliphatic heterocycles. The second-order valence-electron chi connectivity index (χ2n) is 6.53. The lowest BCUT2D eigenvalue weighted by molar-refractivity contribution is -0.120. The van der Waals surface area contributed by atoms with Gasteiger partial charge in [-0.25, -0.2) is 0 Å². The van der Waals surface area contributed by atoms with E-state index in [1.54, 1.807) is 12.2 Å². The molecule has 0 heterocycles. The van der Waals surface area contributed by atoms with Crippen molar-refractivity contribution >= 4 is 23.7 Å². The van der Waals surface area contributed by atoms with Crippen LogP contribution in [-0.2, 0) is 22.4 Å². The molecule has 134 valence electrons. The maximum atomic E-state index is 12.0. The summed E-state index contributed by atoms with van der Waals surface area (Å²) in [6.07, 6.45) is 7.10. The number of hydrogen-bond donors (Lipinski definition) is 0. The minimum atomic E-state index is 0.226. The van der Waals surface area contributed by atoms with Crippen LogP contribution in [-0.4, -0.2) is 11.6 Å². The zero-order valence-electron chi connectivity index (χ0n) is 15.2. The van der Waals surface area contributed by atoms with Crippen molar-refractivity contribution in [3.63, 3.8) is 0 Å². The fraction of sp³-hybridized carbons (Fsp3) is 0.250. The molecule has 0 fully saturated rings. The van der Waals surface area contributed by atoms with Gasteiger partial charge in [-0.2, -0.15) is 0 Å². The summed E-state index contributed by atoms with van der Waals surface area (Å²) in [7, 11) is 0. The predicted molar refractivity (Wildman–Crippen MR) is 109 cm³/mol. The first kappa shape index (κ1) is 19.6. The van der Waals surface area contributed by atoms with Crippen molar-refractivity contribution in [3.8, 4) is 0 Å². The Balaban J connectivity index is 1.65. The van der Waals surface area contributed by atoms with Crippen LogP contribution in [0.1, 0.15) is 47.9 Å². The van der Waals surface area contributed by atoms with Crippen LogP contribution in [0.4, 0.5) is 0 Å². The third-order valence-electron chi connectivity index (χ3n) is 4.39. The predicted octanol–water partition coefficient (Wildman–Crippen LogP) is 5.46. The molecule has 0 saturated carbocycles. The van der Waals surface area contributed by atoms with Crippen LogP contribution in [0.15, 0.2) is 61.7 Å². The highest BCUT2D eigenvalue weighted by Gasteiger charge is 2.07. The van der Waals surface area contributed by atoms with Crippen molar-refractivity contribution in [1.82, 2.24) is 0 Å². The van der Waals surface area contributed by atoms with Gasteiger partial charge in [0.15, 0.2) is 0 Å². The topological polar surface area (TPSA) is 34.1 Å². The average Bonchev–Trinajstić information content (AvgIpc) is 2.66. The summed E-state index contributed by atoms with van der Waals surface area (Å²) >= 11 is 0. The molecule has 0 bridgehead atoms. The molecule has 0 atom stereocenters. The molecular formula is C24H26O2. The van der Waals surface area contributed by atoms with E-state index in [-0.39, 0.29) is 11.6 Å². The van der Waals surface area contributed by atoms with Crippen molar-refractivity contribution in [2.24, 2.45) is 0 Å². The van der Waals surface area contributed by atoms with Crippen molar-refractivity contribution in [2.75, 3.05) is 0 Å². The Morgan fingerprint density at radius 2 is 1.00 bits per heavy atom. The van der Waals surface area contributed by atoms with Gasteiger partial charge in [0.1, 0.15) is 11.6 Å². The fourth-order valence-corrected chi connectivity index (χ4v) is 2.82. The highest BCUT2D eigenvalue weighted by Crippen LogP contribution is 2.11. The Labute approximate surface area is 156 Å². The minimum absolute atomic E-state index is 0.226. The minimum Gasteiger partial charge on any atom is -0.299 e. The van der Waals surface area contributed by atoms with Crippen LogP contribution in [0.2, 0.25) is 0 Å². The van der Waals surface area contributed by atoms with E-state index < -0.39 is 0 Å². The maximum absolute atomic E-state index is 12.0. The van der Waals surface area contributed by atoms with Crippen LogP contribution in [0.25, 0.3) is 12.2 Å². The normalized spacial score (nSPS) is 10.3. The number of hydrogen-bond acceptors (Lipinski definition) is 2. The van der Waals surface area contributed by atoms with Crippen LogP contribution in [0, 0.1) is 0 Å². The molecule has 0 aromatic heterocycles. The number of ketones is 2. The molecule has 2 aromatic rings. The lowest BCUT2D eigenvalue weighted by Gasteiger charge is -2.04. The second-order valence-corrected chi connectivity index (χ2v) is 6.53. The molecule has 0 aliphatic carbocycles. The lowest BCUT2D eigenvalue weighted by Crippen LogP contribution is -2.05. The summed E-state index contributed by atoms with van der Waals surface area (Å²) in [6.45, 7) is 7.44. The molecule has 2 nitrogen and oxygen atoms in total. The van der Waals surface area contributed by atoms with Gasteiger partial charge in [0, 0.05) is 25.7 Å². The molecular weight excluding hydrogens is 320 g/mol. The Morgan fingerprint density at radius 3 is 1.31 bits per heavy atom. The Bertz CT molecular complexity index is 684. The number of benzene rings is 2. The van der Waals surface area contributed by atoms with Gasteiger partial charge in [0.2, 0.25) is 0 Å². The van der Waals surface area contributed by atoms with E-state index >= 15 is 0 Å². The van der Waals surface area contributed by atoms with Gasteiger partial charge < -0.3 is 0 Å². The third kappa shape index (κ3) is 6.64. The Morgan fingerprint density at radius 1 is 0.654 bits per heavy atom. The van der Waals surface area contributed by atoms with E-state index in [1.165, 1.54) is 0 Å². The Hall–Kier alpha value is -2.74. The summed E-state index contributed by atoms with van der Waals surface area (Å²) in [5.74, 6) is 0.452. The van der Waals surface area contributed by atoms with Gasteiger partial charge >= 0.3 is 0 Å². The van der Waals surface area contributed by atoms with E-state index in [4.69, 9.17) is 0 Å². The summed E-state index contributed by atoms with van der Waals surface area (Å²) in [6, 6.07) is 15.7. The highest BCUT2D eigenvalue weighted by molar-refractivity contribution is 5.82. The summed E-state index contributed by atoms with van der Waals surface area (Å²) in [5.41, 5.74) is 4.16. The number of carbonyl (C=O) groups is 2. The number of rotatable bonds is 11. The van der Waals surface area contributed by atoms with Crippen molar-refractivity contribution in [2.45, 2.75) is 38.5 Å². The molecule has 0 saturated heterocycles. The van der Waals surface area contributed by atoms with Crippen LogP contribution < -0.4 is 0 Å². The zero-order chi connectivity index (χ0) is 18.8. The molecule has 0 spiro atoms. The maximum Gasteiger partial charge on any atom is 0.137 e. The highest BCUT2D eigenvalue weighted by atomic mass is 16.1. The molecule has 0 N–H and O–H groups in total. The van der Waals surface area contributed by atoms with E-state index in [0.29, 0.717) is 25.7 Å². The molecule has 0 amide bonds. The summed E-state index contributed by atoms with van der Waals surface area (Å²) < 4.78 is 0. The monoisotopic (exact) mass is 346 g/mol. The number of unbranched alkanes of at least 4 members (excludes halogenated alkanes) is 1. The molecule has 0 unspecified atom stereocenters. The first-order valence-electron chi connectivity index (χ1n) is 9.07. The second kappa shape index (κ2) is 10.3. The van der Waals surface area contributed by atoms with Gasteiger partial charge in [-0.05, 0) is 35.1 Å². The number of carbonyl (C=O) groups excluding carboxylic acids is 2. The van der Waals surface area contributed by atoms with Gasteiger partial charge in [-0.15, -0.1) is 0 Å².